The molecule has 0 fully saturated rings. The lowest BCUT2D eigenvalue weighted by molar-refractivity contribution is -0.153. The number of aliphatic hydroxyl groups excluding tert-OH is 1. The molecule has 0 aliphatic carbocycles. The van der Waals surface area contributed by atoms with Crippen molar-refractivity contribution in [2.24, 2.45) is 0 Å². The van der Waals surface area contributed by atoms with Crippen LogP contribution in [0.1, 0.15) is 38.5 Å². The van der Waals surface area contributed by atoms with Crippen molar-refractivity contribution in [2.45, 2.75) is 32.9 Å². The molecule has 0 aliphatic rings. The van der Waals surface area contributed by atoms with Crippen LogP contribution in [0.2, 0.25) is 5.02 Å². The summed E-state index contributed by atoms with van der Waals surface area (Å²) in [6.45, 7) is 5.99. The van der Waals surface area contributed by atoms with Crippen LogP contribution in [0, 0.1) is 0 Å². The summed E-state index contributed by atoms with van der Waals surface area (Å²) >= 11 is 6.23. The van der Waals surface area contributed by atoms with Gasteiger partial charge in [-0.3, -0.25) is 0 Å². The number of nitrogens with zero attached hydrogens (tertiary/aromatic N) is 1. The maximum Gasteiger partial charge on any atom is 0.339 e. The molecule has 5 heteroatoms. The van der Waals surface area contributed by atoms with E-state index < -0.39 is 12.1 Å². The molecule has 1 aromatic heterocycles. The van der Waals surface area contributed by atoms with Crippen LogP contribution in [0.25, 0.3) is 10.9 Å². The third-order valence-corrected chi connectivity index (χ3v) is 3.51. The summed E-state index contributed by atoms with van der Waals surface area (Å²) in [7, 11) is 0. The van der Waals surface area contributed by atoms with E-state index in [1.54, 1.807) is 19.2 Å². The van der Waals surface area contributed by atoms with Crippen LogP contribution in [-0.2, 0) is 9.53 Å². The Bertz CT molecular complexity index is 633. The van der Waals surface area contributed by atoms with Gasteiger partial charge < -0.3 is 14.4 Å². The maximum absolute atomic E-state index is 11.8. The van der Waals surface area contributed by atoms with E-state index in [2.05, 4.69) is 0 Å². The summed E-state index contributed by atoms with van der Waals surface area (Å²) in [5, 5.41) is 11.4. The van der Waals surface area contributed by atoms with E-state index in [1.807, 2.05) is 30.5 Å². The molecular formula is C15H18ClNO3. The van der Waals surface area contributed by atoms with Crippen molar-refractivity contribution in [3.05, 3.63) is 35.0 Å². The predicted octanol–water partition coefficient (Wildman–Crippen LogP) is 3.47. The summed E-state index contributed by atoms with van der Waals surface area (Å²) in [6.07, 6.45) is 0.445. The fraction of sp³-hybridized carbons (Fsp3) is 0.400. The van der Waals surface area contributed by atoms with Gasteiger partial charge in [0.2, 0.25) is 0 Å². The predicted molar refractivity (Wildman–Crippen MR) is 78.9 cm³/mol. The Labute approximate surface area is 122 Å². The summed E-state index contributed by atoms with van der Waals surface area (Å²) in [4.78, 5) is 11.8. The number of aromatic nitrogens is 1. The second-order valence-electron chi connectivity index (χ2n) is 4.87. The second-order valence-corrected chi connectivity index (χ2v) is 5.28. The Balaban J connectivity index is 2.61. The molecule has 1 atom stereocenters. The number of aliphatic hydroxyl groups is 1. The van der Waals surface area contributed by atoms with Crippen LogP contribution in [0.15, 0.2) is 24.4 Å². The van der Waals surface area contributed by atoms with E-state index in [0.717, 1.165) is 5.52 Å². The first-order chi connectivity index (χ1) is 9.47. The Kier molecular flexibility index (Phi) is 4.35. The maximum atomic E-state index is 11.8. The van der Waals surface area contributed by atoms with E-state index in [-0.39, 0.29) is 12.6 Å². The zero-order valence-electron chi connectivity index (χ0n) is 11.8. The van der Waals surface area contributed by atoms with Crippen molar-refractivity contribution in [3.63, 3.8) is 0 Å². The standard InChI is InChI=1S/C15H18ClNO3/c1-4-20-15(19)14(18)10-8-17(9(2)3)12-7-5-6-11(16)13(10)12/h5-9,14,18H,4H2,1-3H3. The number of hydrogen-bond acceptors (Lipinski definition) is 3. The van der Waals surface area contributed by atoms with Crippen LogP contribution in [0.5, 0.6) is 0 Å². The molecule has 0 bridgehead atoms. The smallest absolute Gasteiger partial charge is 0.339 e. The molecule has 1 aromatic carbocycles. The molecule has 0 radical (unpaired) electrons. The number of carbonyl (C=O) groups excluding carboxylic acids is 1. The highest BCUT2D eigenvalue weighted by molar-refractivity contribution is 6.35. The van der Waals surface area contributed by atoms with Crippen LogP contribution < -0.4 is 0 Å². The molecule has 0 spiro atoms. The summed E-state index contributed by atoms with van der Waals surface area (Å²) < 4.78 is 6.86. The number of benzene rings is 1. The van der Waals surface area contributed by atoms with E-state index in [4.69, 9.17) is 16.3 Å². The molecule has 4 nitrogen and oxygen atoms in total. The van der Waals surface area contributed by atoms with Gasteiger partial charge in [-0.1, -0.05) is 17.7 Å². The Morgan fingerprint density at radius 2 is 2.15 bits per heavy atom. The Morgan fingerprint density at radius 1 is 1.45 bits per heavy atom. The molecular weight excluding hydrogens is 278 g/mol. The zero-order chi connectivity index (χ0) is 14.9. The van der Waals surface area contributed by atoms with Crippen LogP contribution in [0.3, 0.4) is 0 Å². The van der Waals surface area contributed by atoms with Crippen molar-refractivity contribution < 1.29 is 14.6 Å². The van der Waals surface area contributed by atoms with Crippen molar-refractivity contribution in [2.75, 3.05) is 6.61 Å². The number of halogens is 1. The normalized spacial score (nSPS) is 12.9. The number of fused-ring (bicyclic) bond motifs is 1. The minimum atomic E-state index is -1.32. The number of esters is 1. The van der Waals surface area contributed by atoms with Gasteiger partial charge in [-0.05, 0) is 32.9 Å². The molecule has 1 unspecified atom stereocenters. The van der Waals surface area contributed by atoms with E-state index in [0.29, 0.717) is 16.0 Å². The molecule has 0 amide bonds. The van der Waals surface area contributed by atoms with Crippen LogP contribution in [-0.4, -0.2) is 22.2 Å². The van der Waals surface area contributed by atoms with Gasteiger partial charge in [-0.25, -0.2) is 4.79 Å². The monoisotopic (exact) mass is 295 g/mol. The highest BCUT2D eigenvalue weighted by Crippen LogP contribution is 2.34. The van der Waals surface area contributed by atoms with Gasteiger partial charge in [0.25, 0.3) is 0 Å². The Morgan fingerprint density at radius 3 is 2.75 bits per heavy atom. The van der Waals surface area contributed by atoms with Gasteiger partial charge in [0.1, 0.15) is 0 Å². The highest BCUT2D eigenvalue weighted by Gasteiger charge is 2.25. The number of hydrogen-bond donors (Lipinski definition) is 1. The zero-order valence-corrected chi connectivity index (χ0v) is 12.5. The molecule has 1 heterocycles. The fourth-order valence-corrected chi connectivity index (χ4v) is 2.56. The van der Waals surface area contributed by atoms with E-state index >= 15 is 0 Å². The van der Waals surface area contributed by atoms with Crippen molar-refractivity contribution in [3.8, 4) is 0 Å². The average Bonchev–Trinajstić information content (AvgIpc) is 2.79. The molecule has 2 aromatic rings. The molecule has 0 saturated heterocycles. The van der Waals surface area contributed by atoms with Crippen molar-refractivity contribution in [1.82, 2.24) is 4.57 Å². The molecule has 0 saturated carbocycles. The lowest BCUT2D eigenvalue weighted by Crippen LogP contribution is -2.15. The topological polar surface area (TPSA) is 51.5 Å². The largest absolute Gasteiger partial charge is 0.464 e. The molecule has 0 aliphatic heterocycles. The number of ether oxygens (including phenoxy) is 1. The van der Waals surface area contributed by atoms with Gasteiger partial charge in [-0.2, -0.15) is 0 Å². The van der Waals surface area contributed by atoms with Gasteiger partial charge >= 0.3 is 5.97 Å². The first kappa shape index (κ1) is 14.9. The third kappa shape index (κ3) is 2.53. The minimum Gasteiger partial charge on any atom is -0.464 e. The fourth-order valence-electron chi connectivity index (χ4n) is 2.28. The first-order valence-corrected chi connectivity index (χ1v) is 6.98. The quantitative estimate of drug-likeness (QED) is 0.879. The van der Waals surface area contributed by atoms with Crippen LogP contribution in [0.4, 0.5) is 0 Å². The average molecular weight is 296 g/mol. The van der Waals surface area contributed by atoms with Crippen LogP contribution >= 0.6 is 11.6 Å². The van der Waals surface area contributed by atoms with Gasteiger partial charge in [0, 0.05) is 23.2 Å². The third-order valence-electron chi connectivity index (χ3n) is 3.20. The van der Waals surface area contributed by atoms with Gasteiger partial charge in [-0.15, -0.1) is 0 Å². The van der Waals surface area contributed by atoms with E-state index in [9.17, 15) is 9.90 Å². The number of rotatable bonds is 4. The molecule has 2 rings (SSSR count). The Hall–Kier alpha value is -1.52. The molecule has 1 N–H and O–H groups in total. The second kappa shape index (κ2) is 5.85. The summed E-state index contributed by atoms with van der Waals surface area (Å²) in [5.74, 6) is -0.657. The summed E-state index contributed by atoms with van der Waals surface area (Å²) in [5.41, 5.74) is 1.38. The minimum absolute atomic E-state index is 0.194. The lowest BCUT2D eigenvalue weighted by Gasteiger charge is -2.09. The van der Waals surface area contributed by atoms with Gasteiger partial charge in [0.05, 0.1) is 17.1 Å². The first-order valence-electron chi connectivity index (χ1n) is 6.61. The molecule has 20 heavy (non-hydrogen) atoms. The number of carbonyl (C=O) groups is 1. The van der Waals surface area contributed by atoms with E-state index in [1.165, 1.54) is 0 Å². The SMILES string of the molecule is CCOC(=O)C(O)c1cn(C(C)C)c2cccc(Cl)c12. The van der Waals surface area contributed by atoms with Crippen molar-refractivity contribution >= 4 is 28.5 Å². The highest BCUT2D eigenvalue weighted by atomic mass is 35.5. The molecule has 108 valence electrons. The summed E-state index contributed by atoms with van der Waals surface area (Å²) in [6, 6.07) is 5.71. The van der Waals surface area contributed by atoms with Crippen molar-refractivity contribution in [1.29, 1.82) is 0 Å². The van der Waals surface area contributed by atoms with Gasteiger partial charge in [0.15, 0.2) is 6.10 Å². The lowest BCUT2D eigenvalue weighted by atomic mass is 10.1.